The molecule has 2 aromatic heterocycles. The maximum Gasteiger partial charge on any atom is 0.274 e. The number of carbonyl (C=O) groups excluding carboxylic acids is 1. The lowest BCUT2D eigenvalue weighted by Gasteiger charge is -2.43. The number of aromatic amines is 1. The number of nitrogens with zero attached hydrogens (tertiary/aromatic N) is 3. The molecule has 2 aliphatic heterocycles. The summed E-state index contributed by atoms with van der Waals surface area (Å²) in [6, 6.07) is 5.90. The molecule has 0 aromatic carbocycles. The van der Waals surface area contributed by atoms with Gasteiger partial charge in [0.25, 0.3) is 5.91 Å². The van der Waals surface area contributed by atoms with Crippen LogP contribution in [-0.4, -0.2) is 71.3 Å². The first-order chi connectivity index (χ1) is 12.2. The summed E-state index contributed by atoms with van der Waals surface area (Å²) in [6.07, 6.45) is 3.10. The highest BCUT2D eigenvalue weighted by Crippen LogP contribution is 2.32. The summed E-state index contributed by atoms with van der Waals surface area (Å²) in [5.74, 6) is 0.0246. The number of nitrogens with one attached hydrogen (secondary N) is 1. The highest BCUT2D eigenvalue weighted by molar-refractivity contribution is 7.13. The molecule has 0 radical (unpaired) electrons. The van der Waals surface area contributed by atoms with Gasteiger partial charge >= 0.3 is 0 Å². The van der Waals surface area contributed by atoms with E-state index in [2.05, 4.69) is 22.1 Å². The second-order valence-electron chi connectivity index (χ2n) is 6.94. The van der Waals surface area contributed by atoms with E-state index >= 15 is 0 Å². The van der Waals surface area contributed by atoms with Crippen LogP contribution >= 0.6 is 11.3 Å². The van der Waals surface area contributed by atoms with Gasteiger partial charge in [-0.2, -0.15) is 5.10 Å². The Morgan fingerprint density at radius 2 is 2.12 bits per heavy atom. The molecule has 0 saturated carbocycles. The van der Waals surface area contributed by atoms with Gasteiger partial charge in [-0.1, -0.05) is 6.07 Å². The zero-order chi connectivity index (χ0) is 17.3. The maximum atomic E-state index is 12.9. The predicted molar refractivity (Wildman–Crippen MR) is 97.8 cm³/mol. The summed E-state index contributed by atoms with van der Waals surface area (Å²) >= 11 is 1.64. The number of aromatic nitrogens is 2. The first-order valence-corrected chi connectivity index (χ1v) is 9.73. The minimum atomic E-state index is 0.0246. The number of ether oxygens (including phenoxy) is 1. The number of likely N-dealkylation sites (N-methyl/N-ethyl adjacent to an activating group) is 1. The van der Waals surface area contributed by atoms with E-state index in [1.165, 1.54) is 0 Å². The molecule has 134 valence electrons. The van der Waals surface area contributed by atoms with Gasteiger partial charge in [-0.15, -0.1) is 11.3 Å². The van der Waals surface area contributed by atoms with E-state index in [-0.39, 0.29) is 11.4 Å². The summed E-state index contributed by atoms with van der Waals surface area (Å²) < 4.78 is 5.55. The third-order valence-electron chi connectivity index (χ3n) is 5.66. The van der Waals surface area contributed by atoms with E-state index < -0.39 is 0 Å². The molecule has 2 fully saturated rings. The fourth-order valence-corrected chi connectivity index (χ4v) is 4.58. The molecule has 25 heavy (non-hydrogen) atoms. The highest BCUT2D eigenvalue weighted by atomic mass is 32.1. The Bertz CT molecular complexity index is 721. The second-order valence-corrected chi connectivity index (χ2v) is 7.89. The maximum absolute atomic E-state index is 12.9. The standard InChI is InChI=1S/C18H24N4O2S/c1-21-8-9-22(7-4-18(21)5-10-24-11-6-18)17(23)15-13-14(19-20-15)16-3-2-12-25-16/h2-3,12-13H,4-11H2,1H3,(H,19,20). The minimum absolute atomic E-state index is 0.0246. The van der Waals surface area contributed by atoms with Gasteiger partial charge in [-0.05, 0) is 43.8 Å². The van der Waals surface area contributed by atoms with Crippen molar-refractivity contribution in [3.63, 3.8) is 0 Å². The SMILES string of the molecule is CN1CCN(C(=O)c2cc(-c3cccs3)[nH]n2)CCC12CCOCC2. The summed E-state index contributed by atoms with van der Waals surface area (Å²) in [7, 11) is 2.18. The van der Waals surface area contributed by atoms with E-state index in [1.807, 2.05) is 28.5 Å². The fourth-order valence-electron chi connectivity index (χ4n) is 3.89. The van der Waals surface area contributed by atoms with Crippen molar-refractivity contribution in [2.24, 2.45) is 0 Å². The summed E-state index contributed by atoms with van der Waals surface area (Å²) in [5, 5.41) is 9.28. The quantitative estimate of drug-likeness (QED) is 0.894. The molecule has 2 saturated heterocycles. The van der Waals surface area contributed by atoms with Crippen molar-refractivity contribution in [3.8, 4) is 10.6 Å². The monoisotopic (exact) mass is 360 g/mol. The van der Waals surface area contributed by atoms with Crippen molar-refractivity contribution in [1.82, 2.24) is 20.0 Å². The summed E-state index contributed by atoms with van der Waals surface area (Å²) in [5.41, 5.74) is 1.60. The van der Waals surface area contributed by atoms with Crippen molar-refractivity contribution in [1.29, 1.82) is 0 Å². The first kappa shape index (κ1) is 16.8. The molecule has 0 atom stereocenters. The van der Waals surface area contributed by atoms with Crippen LogP contribution in [0.3, 0.4) is 0 Å². The number of amides is 1. The number of carbonyl (C=O) groups is 1. The molecule has 1 spiro atoms. The Labute approximate surface area is 151 Å². The van der Waals surface area contributed by atoms with Crippen LogP contribution in [0.4, 0.5) is 0 Å². The van der Waals surface area contributed by atoms with Gasteiger partial charge < -0.3 is 9.64 Å². The molecule has 2 aromatic rings. The van der Waals surface area contributed by atoms with E-state index in [0.717, 1.165) is 62.7 Å². The average Bonchev–Trinajstić information content (AvgIpc) is 3.30. The molecule has 1 amide bonds. The first-order valence-electron chi connectivity index (χ1n) is 8.85. The van der Waals surface area contributed by atoms with Crippen molar-refractivity contribution in [2.45, 2.75) is 24.8 Å². The van der Waals surface area contributed by atoms with E-state index in [1.54, 1.807) is 11.3 Å². The lowest BCUT2D eigenvalue weighted by molar-refractivity contribution is -0.0158. The summed E-state index contributed by atoms with van der Waals surface area (Å²) in [6.45, 7) is 4.07. The normalized spacial score (nSPS) is 21.4. The Hall–Kier alpha value is -1.70. The number of thiophene rings is 1. The van der Waals surface area contributed by atoms with Crippen molar-refractivity contribution in [3.05, 3.63) is 29.3 Å². The lowest BCUT2D eigenvalue weighted by atomic mass is 9.85. The molecule has 4 rings (SSSR count). The summed E-state index contributed by atoms with van der Waals surface area (Å²) in [4.78, 5) is 18.4. The van der Waals surface area contributed by atoms with Crippen LogP contribution in [0.25, 0.3) is 10.6 Å². The van der Waals surface area contributed by atoms with Crippen LogP contribution in [0.1, 0.15) is 29.8 Å². The lowest BCUT2D eigenvalue weighted by Crippen LogP contribution is -2.50. The topological polar surface area (TPSA) is 61.5 Å². The fraction of sp³-hybridized carbons (Fsp3) is 0.556. The number of hydrogen-bond donors (Lipinski definition) is 1. The van der Waals surface area contributed by atoms with Crippen LogP contribution in [-0.2, 0) is 4.74 Å². The van der Waals surface area contributed by atoms with Crippen molar-refractivity contribution < 1.29 is 9.53 Å². The Morgan fingerprint density at radius 1 is 1.28 bits per heavy atom. The molecule has 4 heterocycles. The number of hydrogen-bond acceptors (Lipinski definition) is 5. The molecule has 7 heteroatoms. The smallest absolute Gasteiger partial charge is 0.274 e. The van der Waals surface area contributed by atoms with Gasteiger partial charge in [-0.3, -0.25) is 14.8 Å². The highest BCUT2D eigenvalue weighted by Gasteiger charge is 2.39. The average molecular weight is 360 g/mol. The molecule has 0 unspecified atom stereocenters. The van der Waals surface area contributed by atoms with E-state index in [0.29, 0.717) is 5.69 Å². The zero-order valence-electron chi connectivity index (χ0n) is 14.5. The minimum Gasteiger partial charge on any atom is -0.381 e. The Kier molecular flexibility index (Phi) is 4.62. The zero-order valence-corrected chi connectivity index (χ0v) is 15.3. The van der Waals surface area contributed by atoms with Crippen LogP contribution in [0.2, 0.25) is 0 Å². The van der Waals surface area contributed by atoms with Gasteiger partial charge in [0.05, 0.1) is 10.6 Å². The molecule has 2 aliphatic rings. The van der Waals surface area contributed by atoms with E-state index in [4.69, 9.17) is 4.74 Å². The van der Waals surface area contributed by atoms with Crippen LogP contribution in [0.5, 0.6) is 0 Å². The van der Waals surface area contributed by atoms with Gasteiger partial charge in [0.15, 0.2) is 5.69 Å². The third-order valence-corrected chi connectivity index (χ3v) is 6.56. The van der Waals surface area contributed by atoms with Crippen molar-refractivity contribution >= 4 is 17.2 Å². The van der Waals surface area contributed by atoms with Crippen LogP contribution in [0.15, 0.2) is 23.6 Å². The number of rotatable bonds is 2. The largest absolute Gasteiger partial charge is 0.381 e. The van der Waals surface area contributed by atoms with Gasteiger partial charge in [0, 0.05) is 38.4 Å². The molecule has 6 nitrogen and oxygen atoms in total. The predicted octanol–water partition coefficient (Wildman–Crippen LogP) is 2.47. The molecular formula is C18H24N4O2S. The van der Waals surface area contributed by atoms with E-state index in [9.17, 15) is 4.79 Å². The Morgan fingerprint density at radius 3 is 2.88 bits per heavy atom. The third kappa shape index (κ3) is 3.23. The molecule has 0 aliphatic carbocycles. The second kappa shape index (κ2) is 6.90. The van der Waals surface area contributed by atoms with Gasteiger partial charge in [0.1, 0.15) is 0 Å². The van der Waals surface area contributed by atoms with Crippen molar-refractivity contribution in [2.75, 3.05) is 39.9 Å². The molecule has 0 bridgehead atoms. The van der Waals surface area contributed by atoms with Crippen LogP contribution < -0.4 is 0 Å². The Balaban J connectivity index is 1.47. The number of H-pyrrole nitrogens is 1. The van der Waals surface area contributed by atoms with Gasteiger partial charge in [0.2, 0.25) is 0 Å². The van der Waals surface area contributed by atoms with Gasteiger partial charge in [-0.25, -0.2) is 0 Å². The molecule has 1 N–H and O–H groups in total. The molecular weight excluding hydrogens is 336 g/mol. The van der Waals surface area contributed by atoms with Crippen LogP contribution in [0, 0.1) is 0 Å².